The second kappa shape index (κ2) is 15.1. The number of nitrogens with one attached hydrogen (secondary N) is 1. The Bertz CT molecular complexity index is 1200. The smallest absolute Gasteiger partial charge is 0.306 e. The van der Waals surface area contributed by atoms with E-state index in [1.54, 1.807) is 0 Å². The second-order valence-corrected chi connectivity index (χ2v) is 20.8. The van der Waals surface area contributed by atoms with E-state index in [4.69, 9.17) is 9.47 Å². The van der Waals surface area contributed by atoms with Crippen LogP contribution in [0.25, 0.3) is 0 Å². The lowest BCUT2D eigenvalue weighted by Crippen LogP contribution is -2.65. The van der Waals surface area contributed by atoms with Crippen LogP contribution in [0.2, 0.25) is 0 Å². The monoisotopic (exact) mass is 717 g/mol. The predicted octanol–water partition coefficient (Wildman–Crippen LogP) is 7.87. The third kappa shape index (κ3) is 7.32. The predicted molar refractivity (Wildman–Crippen MR) is 203 cm³/mol. The van der Waals surface area contributed by atoms with Crippen LogP contribution >= 0.6 is 11.8 Å². The normalized spacial score (nSPS) is 40.5. The third-order valence-corrected chi connectivity index (χ3v) is 16.9. The van der Waals surface area contributed by atoms with Crippen molar-refractivity contribution in [3.8, 4) is 0 Å². The topological polar surface area (TPSA) is 88.1 Å². The Kier molecular flexibility index (Phi) is 11.8. The molecule has 1 saturated heterocycles. The third-order valence-electron chi connectivity index (χ3n) is 16.0. The lowest BCUT2D eigenvalue weighted by molar-refractivity contribution is -0.220. The van der Waals surface area contributed by atoms with Crippen LogP contribution < -0.4 is 5.32 Å². The maximum absolute atomic E-state index is 13.3. The molecule has 1 heterocycles. The molecule has 10 unspecified atom stereocenters. The summed E-state index contributed by atoms with van der Waals surface area (Å²) in [7, 11) is 0. The molecule has 0 radical (unpaired) electrons. The number of esters is 2. The van der Waals surface area contributed by atoms with E-state index in [0.29, 0.717) is 29.5 Å². The Hall–Kier alpha value is -0.830. The van der Waals surface area contributed by atoms with Gasteiger partial charge in [-0.25, -0.2) is 0 Å². The van der Waals surface area contributed by atoms with Crippen molar-refractivity contribution in [1.82, 2.24) is 10.2 Å². The molecule has 0 aromatic carbocycles. The number of carbonyl (C=O) groups is 2. The summed E-state index contributed by atoms with van der Waals surface area (Å²) in [5, 5.41) is 14.5. The summed E-state index contributed by atoms with van der Waals surface area (Å²) in [6, 6.07) is 0.298. The van der Waals surface area contributed by atoms with Crippen LogP contribution in [0.5, 0.6) is 0 Å². The largest absolute Gasteiger partial charge is 0.466 e. The molecule has 0 spiro atoms. The highest BCUT2D eigenvalue weighted by Crippen LogP contribution is 2.72. The molecule has 50 heavy (non-hydrogen) atoms. The molecule has 6 fully saturated rings. The van der Waals surface area contributed by atoms with E-state index in [1.807, 2.05) is 32.5 Å². The summed E-state index contributed by atoms with van der Waals surface area (Å²) in [4.78, 5) is 28.0. The maximum atomic E-state index is 13.3. The van der Waals surface area contributed by atoms with E-state index in [1.165, 1.54) is 69.3 Å². The van der Waals surface area contributed by atoms with Crippen molar-refractivity contribution in [1.29, 1.82) is 0 Å². The van der Waals surface area contributed by atoms with Gasteiger partial charge in [0, 0.05) is 41.6 Å². The van der Waals surface area contributed by atoms with Gasteiger partial charge in [0.1, 0.15) is 6.10 Å². The number of hydrogen-bond acceptors (Lipinski definition) is 8. The van der Waals surface area contributed by atoms with Crippen LogP contribution in [0.3, 0.4) is 0 Å². The quantitative estimate of drug-likeness (QED) is 0.198. The highest BCUT2D eigenvalue weighted by molar-refractivity contribution is 7.99. The summed E-state index contributed by atoms with van der Waals surface area (Å²) in [5.74, 6) is 5.68. The molecule has 2 N–H and O–H groups in total. The van der Waals surface area contributed by atoms with Gasteiger partial charge in [-0.2, -0.15) is 11.8 Å². The molecule has 6 rings (SSSR count). The number of hydrogen-bond donors (Lipinski definition) is 2. The fourth-order valence-corrected chi connectivity index (χ4v) is 14.7. The maximum Gasteiger partial charge on any atom is 0.306 e. The Labute approximate surface area is 308 Å². The lowest BCUT2D eigenvalue weighted by Gasteiger charge is -2.69. The molecule has 5 aliphatic carbocycles. The fourth-order valence-electron chi connectivity index (χ4n) is 13.8. The Morgan fingerprint density at radius 1 is 0.880 bits per heavy atom. The molecule has 286 valence electrons. The van der Waals surface area contributed by atoms with Gasteiger partial charge >= 0.3 is 11.9 Å². The second-order valence-electron chi connectivity index (χ2n) is 19.6. The van der Waals surface area contributed by atoms with Gasteiger partial charge in [-0.3, -0.25) is 14.5 Å². The van der Waals surface area contributed by atoms with Crippen LogP contribution in [0.4, 0.5) is 0 Å². The van der Waals surface area contributed by atoms with Crippen LogP contribution in [-0.4, -0.2) is 84.0 Å². The van der Waals surface area contributed by atoms with Crippen LogP contribution in [0, 0.1) is 51.2 Å². The fraction of sp³-hybridized carbons (Fsp3) is 0.952. The first-order chi connectivity index (χ1) is 23.7. The number of carbonyl (C=O) groups excluding carboxylic acids is 2. The Balaban J connectivity index is 1.09. The van der Waals surface area contributed by atoms with Gasteiger partial charge < -0.3 is 19.9 Å². The Morgan fingerprint density at radius 2 is 1.60 bits per heavy atom. The number of fused-ring (bicyclic) bond motifs is 7. The zero-order valence-corrected chi connectivity index (χ0v) is 33.6. The molecule has 1 aliphatic heterocycles. The molecule has 0 bridgehead atoms. The summed E-state index contributed by atoms with van der Waals surface area (Å²) in [6.07, 6.45) is 15.5. The summed E-state index contributed by atoms with van der Waals surface area (Å²) >= 11 is 2.05. The van der Waals surface area contributed by atoms with Gasteiger partial charge in [0.05, 0.1) is 26.1 Å². The van der Waals surface area contributed by atoms with Crippen molar-refractivity contribution in [3.63, 3.8) is 0 Å². The van der Waals surface area contributed by atoms with Crippen LogP contribution in [0.1, 0.15) is 138 Å². The highest BCUT2D eigenvalue weighted by atomic mass is 32.2. The first kappa shape index (κ1) is 38.9. The summed E-state index contributed by atoms with van der Waals surface area (Å²) in [6.45, 7) is 19.8. The van der Waals surface area contributed by atoms with E-state index in [-0.39, 0.29) is 48.3 Å². The summed E-state index contributed by atoms with van der Waals surface area (Å²) < 4.78 is 11.5. The molecule has 6 aliphatic rings. The molecule has 0 aromatic heterocycles. The first-order valence-electron chi connectivity index (χ1n) is 20.7. The molecule has 10 atom stereocenters. The van der Waals surface area contributed by atoms with Crippen LogP contribution in [-0.2, 0) is 19.1 Å². The number of ether oxygens (including phenoxy) is 2. The zero-order valence-electron chi connectivity index (χ0n) is 32.8. The highest BCUT2D eigenvalue weighted by Gasteiger charge is 2.66. The summed E-state index contributed by atoms with van der Waals surface area (Å²) in [5.41, 5.74) is 0.388. The van der Waals surface area contributed by atoms with Crippen molar-refractivity contribution in [2.24, 2.45) is 51.2 Å². The number of aliphatic hydroxyl groups excluding tert-OH is 1. The molecule has 5 saturated carbocycles. The van der Waals surface area contributed by atoms with Crippen molar-refractivity contribution in [3.05, 3.63) is 0 Å². The molecule has 8 heteroatoms. The van der Waals surface area contributed by atoms with E-state index in [2.05, 4.69) is 37.9 Å². The van der Waals surface area contributed by atoms with Gasteiger partial charge in [0.15, 0.2) is 0 Å². The minimum Gasteiger partial charge on any atom is -0.466 e. The SMILES string of the molecule is CCOC(=O)CC(C)(C)CC(=O)OC1CCC2(C)C(CCC3(C)C4CCC5(NCCC(CO)N6CCSCC6)CCCC5C4CCC32)C1(C)C. The number of rotatable bonds is 12. The molecular weight excluding hydrogens is 645 g/mol. The minimum atomic E-state index is -0.484. The molecule has 7 nitrogen and oxygen atoms in total. The van der Waals surface area contributed by atoms with Gasteiger partial charge in [-0.15, -0.1) is 0 Å². The average molecular weight is 717 g/mol. The van der Waals surface area contributed by atoms with Gasteiger partial charge in [-0.05, 0) is 130 Å². The zero-order chi connectivity index (χ0) is 36.0. The van der Waals surface area contributed by atoms with Gasteiger partial charge in [-0.1, -0.05) is 48.0 Å². The van der Waals surface area contributed by atoms with Crippen molar-refractivity contribution in [2.45, 2.75) is 156 Å². The molecule has 0 amide bonds. The van der Waals surface area contributed by atoms with Crippen molar-refractivity contribution in [2.75, 3.05) is 44.4 Å². The van der Waals surface area contributed by atoms with E-state index in [9.17, 15) is 14.7 Å². The van der Waals surface area contributed by atoms with E-state index in [0.717, 1.165) is 62.6 Å². The minimum absolute atomic E-state index is 0.0775. The number of nitrogens with zero attached hydrogens (tertiary/aromatic N) is 1. The van der Waals surface area contributed by atoms with Gasteiger partial charge in [0.25, 0.3) is 0 Å². The van der Waals surface area contributed by atoms with Crippen molar-refractivity contribution < 1.29 is 24.2 Å². The van der Waals surface area contributed by atoms with Crippen LogP contribution in [0.15, 0.2) is 0 Å². The first-order valence-corrected chi connectivity index (χ1v) is 21.9. The van der Waals surface area contributed by atoms with Crippen molar-refractivity contribution >= 4 is 23.7 Å². The number of aliphatic hydroxyl groups is 1. The Morgan fingerprint density at radius 3 is 2.32 bits per heavy atom. The van der Waals surface area contributed by atoms with Gasteiger partial charge in [0.2, 0.25) is 0 Å². The number of thioether (sulfide) groups is 1. The van der Waals surface area contributed by atoms with E-state index < -0.39 is 5.41 Å². The van der Waals surface area contributed by atoms with E-state index >= 15 is 0 Å². The molecule has 0 aromatic rings. The standard InChI is InChI=1S/C42H72N2O5S/c1-8-48-36(46)26-38(2,3)27-37(47)49-35-15-19-41(7)33(39(35,4)5)14-18-40(6)31-13-20-42(17-9-10-32(42)30(31)11-12-34(40)41)43-21-16-29(28-45)44-22-24-50-25-23-44/h29-35,43,45H,8-28H2,1-7H3. The average Bonchev–Trinajstić information content (AvgIpc) is 3.49. The molecular formula is C42H72N2O5S. The lowest BCUT2D eigenvalue weighted by atomic mass is 9.36.